The predicted octanol–water partition coefficient (Wildman–Crippen LogP) is 1.91. The molecule has 0 saturated carbocycles. The molecule has 1 N–H and O–H groups in total. The van der Waals surface area contributed by atoms with E-state index in [2.05, 4.69) is 14.9 Å². The van der Waals surface area contributed by atoms with Crippen molar-refractivity contribution < 1.29 is 19.2 Å². The Bertz CT molecular complexity index is 415. The van der Waals surface area contributed by atoms with E-state index in [0.29, 0.717) is 24.6 Å². The van der Waals surface area contributed by atoms with Crippen LogP contribution in [0.1, 0.15) is 51.2 Å². The number of unbranched alkanes of at least 4 members (excludes halogenated alkanes) is 2. The summed E-state index contributed by atoms with van der Waals surface area (Å²) in [6.45, 7) is 4.16. The Balaban J connectivity index is 2.44. The van der Waals surface area contributed by atoms with Gasteiger partial charge in [0, 0.05) is 19.4 Å². The molecule has 0 atom stereocenters. The minimum Gasteiger partial charge on any atom is -0.469 e. The average Bonchev–Trinajstić information content (AvgIpc) is 2.80. The average molecular weight is 284 g/mol. The molecule has 0 saturated heterocycles. The standard InChI is InChI=1S/C14H24N2O4/c1-14(2,10-13(18)19-3)9-12-15-11(16-20-12)7-5-4-6-8-17/h17H,4-10H2,1-3H3. The lowest BCUT2D eigenvalue weighted by Crippen LogP contribution is -2.21. The molecular weight excluding hydrogens is 260 g/mol. The third-order valence-electron chi connectivity index (χ3n) is 3.05. The maximum Gasteiger partial charge on any atom is 0.306 e. The molecule has 0 aliphatic heterocycles. The molecule has 0 amide bonds. The van der Waals surface area contributed by atoms with Crippen LogP contribution in [0.25, 0.3) is 0 Å². The third-order valence-corrected chi connectivity index (χ3v) is 3.05. The van der Waals surface area contributed by atoms with E-state index in [1.165, 1.54) is 7.11 Å². The monoisotopic (exact) mass is 284 g/mol. The van der Waals surface area contributed by atoms with E-state index >= 15 is 0 Å². The molecule has 0 unspecified atom stereocenters. The summed E-state index contributed by atoms with van der Waals surface area (Å²) in [5.41, 5.74) is -0.270. The van der Waals surface area contributed by atoms with Crippen LogP contribution in [-0.2, 0) is 22.4 Å². The van der Waals surface area contributed by atoms with E-state index in [-0.39, 0.29) is 18.0 Å². The van der Waals surface area contributed by atoms with Crippen molar-refractivity contribution >= 4 is 5.97 Å². The molecule has 1 heterocycles. The number of carbonyl (C=O) groups excluding carboxylic acids is 1. The van der Waals surface area contributed by atoms with E-state index in [1.807, 2.05) is 13.8 Å². The first-order valence-corrected chi connectivity index (χ1v) is 6.96. The highest BCUT2D eigenvalue weighted by Crippen LogP contribution is 2.25. The van der Waals surface area contributed by atoms with Crippen LogP contribution in [-0.4, -0.2) is 34.9 Å². The quantitative estimate of drug-likeness (QED) is 0.550. The van der Waals surface area contributed by atoms with Crippen LogP contribution in [0.3, 0.4) is 0 Å². The van der Waals surface area contributed by atoms with E-state index in [4.69, 9.17) is 9.63 Å². The van der Waals surface area contributed by atoms with Gasteiger partial charge in [0.1, 0.15) is 0 Å². The summed E-state index contributed by atoms with van der Waals surface area (Å²) in [5.74, 6) is 1.00. The van der Waals surface area contributed by atoms with Crippen LogP contribution in [0.4, 0.5) is 0 Å². The summed E-state index contributed by atoms with van der Waals surface area (Å²) in [4.78, 5) is 15.7. The van der Waals surface area contributed by atoms with E-state index in [0.717, 1.165) is 25.7 Å². The van der Waals surface area contributed by atoms with Crippen molar-refractivity contribution in [1.29, 1.82) is 0 Å². The molecule has 0 aliphatic rings. The summed E-state index contributed by atoms with van der Waals surface area (Å²) in [6.07, 6.45) is 4.31. The van der Waals surface area contributed by atoms with Gasteiger partial charge in [-0.15, -0.1) is 0 Å². The second-order valence-electron chi connectivity index (χ2n) is 5.73. The molecule has 6 nitrogen and oxygen atoms in total. The van der Waals surface area contributed by atoms with Gasteiger partial charge < -0.3 is 14.4 Å². The summed E-state index contributed by atoms with van der Waals surface area (Å²) >= 11 is 0. The van der Waals surface area contributed by atoms with E-state index in [9.17, 15) is 4.79 Å². The van der Waals surface area contributed by atoms with Crippen molar-refractivity contribution in [2.45, 2.75) is 52.4 Å². The lowest BCUT2D eigenvalue weighted by Gasteiger charge is -2.20. The second kappa shape index (κ2) is 7.99. The van der Waals surface area contributed by atoms with Gasteiger partial charge in [-0.25, -0.2) is 0 Å². The molecule has 0 aromatic carbocycles. The lowest BCUT2D eigenvalue weighted by atomic mass is 9.86. The van der Waals surface area contributed by atoms with Gasteiger partial charge in [0.25, 0.3) is 0 Å². The van der Waals surface area contributed by atoms with E-state index in [1.54, 1.807) is 0 Å². The summed E-state index contributed by atoms with van der Waals surface area (Å²) in [5, 5.41) is 12.6. The minimum absolute atomic E-state index is 0.221. The normalized spacial score (nSPS) is 11.6. The lowest BCUT2D eigenvalue weighted by molar-refractivity contribution is -0.142. The Hall–Kier alpha value is -1.43. The summed E-state index contributed by atoms with van der Waals surface area (Å²) in [7, 11) is 1.38. The molecule has 20 heavy (non-hydrogen) atoms. The fourth-order valence-corrected chi connectivity index (χ4v) is 1.97. The molecule has 114 valence electrons. The number of esters is 1. The first-order valence-electron chi connectivity index (χ1n) is 6.96. The molecule has 0 radical (unpaired) electrons. The molecular formula is C14H24N2O4. The number of rotatable bonds is 9. The number of aliphatic hydroxyl groups excluding tert-OH is 1. The van der Waals surface area contributed by atoms with Crippen molar-refractivity contribution in [3.8, 4) is 0 Å². The fourth-order valence-electron chi connectivity index (χ4n) is 1.97. The number of hydrogen-bond donors (Lipinski definition) is 1. The predicted molar refractivity (Wildman–Crippen MR) is 73.1 cm³/mol. The van der Waals surface area contributed by atoms with Gasteiger partial charge in [0.05, 0.1) is 13.5 Å². The number of aliphatic hydroxyl groups is 1. The highest BCUT2D eigenvalue weighted by Gasteiger charge is 2.25. The Morgan fingerprint density at radius 3 is 2.75 bits per heavy atom. The fraction of sp³-hybridized carbons (Fsp3) is 0.786. The smallest absolute Gasteiger partial charge is 0.306 e. The molecule has 0 bridgehead atoms. The maximum atomic E-state index is 11.3. The summed E-state index contributed by atoms with van der Waals surface area (Å²) in [6, 6.07) is 0. The van der Waals surface area contributed by atoms with Gasteiger partial charge in [-0.1, -0.05) is 25.4 Å². The summed E-state index contributed by atoms with van der Waals surface area (Å²) < 4.78 is 9.89. The minimum atomic E-state index is -0.270. The van der Waals surface area contributed by atoms with Crippen LogP contribution < -0.4 is 0 Å². The number of carbonyl (C=O) groups is 1. The number of aryl methyl sites for hydroxylation is 1. The van der Waals surface area contributed by atoms with Crippen molar-refractivity contribution in [2.75, 3.05) is 13.7 Å². The van der Waals surface area contributed by atoms with Gasteiger partial charge in [0.15, 0.2) is 5.82 Å². The largest absolute Gasteiger partial charge is 0.469 e. The van der Waals surface area contributed by atoms with E-state index < -0.39 is 0 Å². The maximum absolute atomic E-state index is 11.3. The first kappa shape index (κ1) is 16.6. The van der Waals surface area contributed by atoms with Crippen LogP contribution in [0.15, 0.2) is 4.52 Å². The molecule has 0 fully saturated rings. The molecule has 0 aliphatic carbocycles. The number of methoxy groups -OCH3 is 1. The number of nitrogens with zero attached hydrogens (tertiary/aromatic N) is 2. The first-order chi connectivity index (χ1) is 9.46. The number of aromatic nitrogens is 2. The van der Waals surface area contributed by atoms with Crippen molar-refractivity contribution in [1.82, 2.24) is 10.1 Å². The van der Waals surface area contributed by atoms with Crippen molar-refractivity contribution in [3.63, 3.8) is 0 Å². The van der Waals surface area contributed by atoms with Gasteiger partial charge in [0.2, 0.25) is 5.89 Å². The zero-order chi connectivity index (χ0) is 15.0. The number of ether oxygens (including phenoxy) is 1. The molecule has 1 rings (SSSR count). The highest BCUT2D eigenvalue weighted by molar-refractivity contribution is 5.69. The number of hydrogen-bond acceptors (Lipinski definition) is 6. The van der Waals surface area contributed by atoms with Crippen molar-refractivity contribution in [2.24, 2.45) is 5.41 Å². The van der Waals surface area contributed by atoms with Gasteiger partial charge in [-0.2, -0.15) is 4.98 Å². The Morgan fingerprint density at radius 1 is 1.35 bits per heavy atom. The van der Waals surface area contributed by atoms with Crippen molar-refractivity contribution in [3.05, 3.63) is 11.7 Å². The Morgan fingerprint density at radius 2 is 2.10 bits per heavy atom. The van der Waals surface area contributed by atoms with Crippen LogP contribution in [0.2, 0.25) is 0 Å². The molecule has 1 aromatic rings. The SMILES string of the molecule is COC(=O)CC(C)(C)Cc1nc(CCCCCO)no1. The van der Waals surface area contributed by atoms with Crippen LogP contribution in [0.5, 0.6) is 0 Å². The Kier molecular flexibility index (Phi) is 6.64. The van der Waals surface area contributed by atoms with Gasteiger partial charge in [-0.3, -0.25) is 4.79 Å². The molecule has 0 spiro atoms. The zero-order valence-corrected chi connectivity index (χ0v) is 12.5. The second-order valence-corrected chi connectivity index (χ2v) is 5.73. The highest BCUT2D eigenvalue weighted by atomic mass is 16.5. The Labute approximate surface area is 119 Å². The van der Waals surface area contributed by atoms with Crippen LogP contribution in [0, 0.1) is 5.41 Å². The third kappa shape index (κ3) is 6.14. The van der Waals surface area contributed by atoms with Crippen LogP contribution >= 0.6 is 0 Å². The molecule has 6 heteroatoms. The van der Waals surface area contributed by atoms with Gasteiger partial charge >= 0.3 is 5.97 Å². The topological polar surface area (TPSA) is 85.5 Å². The molecule has 1 aromatic heterocycles. The van der Waals surface area contributed by atoms with Gasteiger partial charge in [-0.05, 0) is 18.3 Å². The zero-order valence-electron chi connectivity index (χ0n) is 12.5.